The molecule has 0 saturated carbocycles. The molecule has 0 spiro atoms. The first kappa shape index (κ1) is 22.2. The fraction of sp³-hybridized carbons (Fsp3) is 0.292. The van der Waals surface area contributed by atoms with Crippen molar-refractivity contribution in [2.45, 2.75) is 40.7 Å². The number of ether oxygens (including phenoxy) is 1. The first-order valence-corrected chi connectivity index (χ1v) is 10.5. The summed E-state index contributed by atoms with van der Waals surface area (Å²) < 4.78 is 12.5. The lowest BCUT2D eigenvalue weighted by atomic mass is 10.1. The van der Waals surface area contributed by atoms with Crippen LogP contribution in [0.25, 0.3) is 22.5 Å². The second kappa shape index (κ2) is 8.50. The first-order chi connectivity index (χ1) is 15.7. The van der Waals surface area contributed by atoms with Gasteiger partial charge >= 0.3 is 5.97 Å². The van der Waals surface area contributed by atoms with Crippen LogP contribution in [0.5, 0.6) is 0 Å². The Balaban J connectivity index is 1.65. The minimum Gasteiger partial charge on any atom is -0.463 e. The normalized spacial score (nSPS) is 11.3. The van der Waals surface area contributed by atoms with Gasteiger partial charge in [0.25, 0.3) is 0 Å². The van der Waals surface area contributed by atoms with Crippen molar-refractivity contribution in [3.8, 4) is 11.5 Å². The highest BCUT2D eigenvalue weighted by molar-refractivity contribution is 6.06. The molecular formula is C24H24N4O5. The highest BCUT2D eigenvalue weighted by Crippen LogP contribution is 2.27. The summed E-state index contributed by atoms with van der Waals surface area (Å²) in [6.45, 7) is 8.30. The molecule has 0 aliphatic rings. The quantitative estimate of drug-likeness (QED) is 0.327. The Labute approximate surface area is 189 Å². The number of carbonyl (C=O) groups is 3. The molecule has 4 aromatic heterocycles. The molecule has 0 amide bonds. The molecule has 33 heavy (non-hydrogen) atoms. The number of Topliss-reactive ketones (excluding diaryl/α,β-unsaturated/α-hetero) is 2. The molecule has 0 radical (unpaired) electrons. The highest BCUT2D eigenvalue weighted by atomic mass is 16.5. The number of rotatable bonds is 7. The van der Waals surface area contributed by atoms with Crippen molar-refractivity contribution in [1.82, 2.24) is 19.7 Å². The van der Waals surface area contributed by atoms with E-state index in [4.69, 9.17) is 9.15 Å². The van der Waals surface area contributed by atoms with E-state index < -0.39 is 18.4 Å². The van der Waals surface area contributed by atoms with Crippen LogP contribution < -0.4 is 0 Å². The van der Waals surface area contributed by atoms with Gasteiger partial charge < -0.3 is 14.1 Å². The number of hydrogen-bond acceptors (Lipinski definition) is 7. The monoisotopic (exact) mass is 448 g/mol. The molecule has 0 aliphatic heterocycles. The van der Waals surface area contributed by atoms with Gasteiger partial charge in [-0.15, -0.1) is 0 Å². The Morgan fingerprint density at radius 1 is 1.24 bits per heavy atom. The molecule has 9 heteroatoms. The molecule has 0 bridgehead atoms. The minimum absolute atomic E-state index is 0.0156. The molecule has 4 rings (SSSR count). The number of nitrogens with zero attached hydrogens (tertiary/aromatic N) is 3. The van der Waals surface area contributed by atoms with Gasteiger partial charge in [0.15, 0.2) is 23.8 Å². The van der Waals surface area contributed by atoms with Crippen molar-refractivity contribution in [3.63, 3.8) is 0 Å². The summed E-state index contributed by atoms with van der Waals surface area (Å²) in [7, 11) is 0. The average molecular weight is 448 g/mol. The van der Waals surface area contributed by atoms with Gasteiger partial charge in [0.05, 0.1) is 29.1 Å². The number of aromatic nitrogens is 4. The number of nitrogens with one attached hydrogen (secondary N) is 1. The van der Waals surface area contributed by atoms with Crippen molar-refractivity contribution in [2.24, 2.45) is 0 Å². The lowest BCUT2D eigenvalue weighted by Crippen LogP contribution is -2.16. The van der Waals surface area contributed by atoms with E-state index in [9.17, 15) is 14.4 Å². The number of aromatic amines is 1. The van der Waals surface area contributed by atoms with Crippen LogP contribution in [0.15, 0.2) is 35.1 Å². The number of pyridine rings is 1. The van der Waals surface area contributed by atoms with E-state index in [1.165, 1.54) is 13.2 Å². The van der Waals surface area contributed by atoms with E-state index in [1.807, 2.05) is 13.8 Å². The maximum atomic E-state index is 13.0. The van der Waals surface area contributed by atoms with Gasteiger partial charge in [0.2, 0.25) is 5.78 Å². The van der Waals surface area contributed by atoms with Crippen LogP contribution in [0.2, 0.25) is 0 Å². The van der Waals surface area contributed by atoms with Gasteiger partial charge in [-0.3, -0.25) is 9.59 Å². The van der Waals surface area contributed by atoms with Crippen LogP contribution >= 0.6 is 0 Å². The number of aryl methyl sites for hydroxylation is 1. The van der Waals surface area contributed by atoms with Gasteiger partial charge in [0.1, 0.15) is 5.69 Å². The Bertz CT molecular complexity index is 1380. The maximum absolute atomic E-state index is 13.0. The topological polar surface area (TPSA) is 120 Å². The van der Waals surface area contributed by atoms with Crippen LogP contribution in [0.4, 0.5) is 0 Å². The third kappa shape index (κ3) is 3.97. The molecule has 0 unspecified atom stereocenters. The standard InChI is InChI=1S/C24H24N4O5/c1-12(2)28-23-17(10-25-28)16(9-18(27-23)20-7-6-8-32-20)24(31)33-11-19(30)22-13(3)21(15(5)29)14(4)26-22/h6-10,12,26H,11H2,1-5H3. The van der Waals surface area contributed by atoms with Crippen molar-refractivity contribution in [3.05, 3.63) is 58.7 Å². The molecule has 4 aromatic rings. The number of furan rings is 1. The van der Waals surface area contributed by atoms with Gasteiger partial charge in [-0.25, -0.2) is 14.5 Å². The van der Waals surface area contributed by atoms with Crippen molar-refractivity contribution < 1.29 is 23.5 Å². The number of H-pyrrole nitrogens is 1. The Morgan fingerprint density at radius 3 is 2.61 bits per heavy atom. The summed E-state index contributed by atoms with van der Waals surface area (Å²) in [4.78, 5) is 45.2. The van der Waals surface area contributed by atoms with Crippen LogP contribution in [-0.2, 0) is 4.74 Å². The number of hydrogen-bond donors (Lipinski definition) is 1. The van der Waals surface area contributed by atoms with Gasteiger partial charge in [-0.05, 0) is 58.4 Å². The summed E-state index contributed by atoms with van der Waals surface area (Å²) >= 11 is 0. The molecule has 9 nitrogen and oxygen atoms in total. The summed E-state index contributed by atoms with van der Waals surface area (Å²) in [6.07, 6.45) is 3.08. The maximum Gasteiger partial charge on any atom is 0.339 e. The fourth-order valence-electron chi connectivity index (χ4n) is 3.95. The molecule has 0 atom stereocenters. The van der Waals surface area contributed by atoms with Crippen molar-refractivity contribution in [2.75, 3.05) is 6.61 Å². The Morgan fingerprint density at radius 2 is 2.00 bits per heavy atom. The number of ketones is 2. The van der Waals surface area contributed by atoms with Crippen LogP contribution in [-0.4, -0.2) is 43.9 Å². The van der Waals surface area contributed by atoms with E-state index >= 15 is 0 Å². The molecule has 0 saturated heterocycles. The largest absolute Gasteiger partial charge is 0.463 e. The van der Waals surface area contributed by atoms with E-state index in [0.29, 0.717) is 39.3 Å². The Hall–Kier alpha value is -4.01. The van der Waals surface area contributed by atoms with E-state index in [2.05, 4.69) is 15.1 Å². The van der Waals surface area contributed by atoms with Crippen molar-refractivity contribution >= 4 is 28.6 Å². The molecule has 0 aliphatic carbocycles. The second-order valence-electron chi connectivity index (χ2n) is 8.13. The van der Waals surface area contributed by atoms with Gasteiger partial charge in [-0.2, -0.15) is 5.10 Å². The summed E-state index contributed by atoms with van der Waals surface area (Å²) in [6, 6.07) is 5.05. The third-order valence-electron chi connectivity index (χ3n) is 5.45. The van der Waals surface area contributed by atoms with E-state index in [1.54, 1.807) is 42.9 Å². The summed E-state index contributed by atoms with van der Waals surface area (Å²) in [5.74, 6) is -0.748. The van der Waals surface area contributed by atoms with E-state index in [-0.39, 0.29) is 23.1 Å². The zero-order chi connectivity index (χ0) is 23.9. The predicted octanol–water partition coefficient (Wildman–Crippen LogP) is 4.46. The van der Waals surface area contributed by atoms with Crippen molar-refractivity contribution in [1.29, 1.82) is 0 Å². The SMILES string of the molecule is CC(=O)c1c(C)[nH]c(C(=O)COC(=O)c2cc(-c3ccco3)nc3c2cnn3C(C)C)c1C. The molecule has 0 fully saturated rings. The average Bonchev–Trinajstić information content (AvgIpc) is 3.49. The third-order valence-corrected chi connectivity index (χ3v) is 5.45. The van der Waals surface area contributed by atoms with Gasteiger partial charge in [0, 0.05) is 17.3 Å². The minimum atomic E-state index is -0.681. The van der Waals surface area contributed by atoms with Gasteiger partial charge in [-0.1, -0.05) is 0 Å². The fourth-order valence-corrected chi connectivity index (χ4v) is 3.95. The predicted molar refractivity (Wildman–Crippen MR) is 120 cm³/mol. The zero-order valence-corrected chi connectivity index (χ0v) is 19.1. The molecular weight excluding hydrogens is 424 g/mol. The van der Waals surface area contributed by atoms with Crippen LogP contribution in [0.1, 0.15) is 69.3 Å². The summed E-state index contributed by atoms with van der Waals surface area (Å²) in [5.41, 5.74) is 3.09. The number of fused-ring (bicyclic) bond motifs is 1. The van der Waals surface area contributed by atoms with E-state index in [0.717, 1.165) is 0 Å². The number of carbonyl (C=O) groups excluding carboxylic acids is 3. The van der Waals surface area contributed by atoms with Crippen LogP contribution in [0.3, 0.4) is 0 Å². The lowest BCUT2D eigenvalue weighted by Gasteiger charge is -2.10. The molecule has 1 N–H and O–H groups in total. The zero-order valence-electron chi connectivity index (χ0n) is 19.1. The molecule has 170 valence electrons. The summed E-state index contributed by atoms with van der Waals surface area (Å²) in [5, 5.41) is 4.87. The molecule has 4 heterocycles. The lowest BCUT2D eigenvalue weighted by molar-refractivity contribution is 0.0475. The smallest absolute Gasteiger partial charge is 0.339 e. The molecule has 0 aromatic carbocycles. The highest BCUT2D eigenvalue weighted by Gasteiger charge is 2.23. The van der Waals surface area contributed by atoms with Crippen LogP contribution in [0, 0.1) is 13.8 Å². The second-order valence-corrected chi connectivity index (χ2v) is 8.13. The number of esters is 1. The Kier molecular flexibility index (Phi) is 5.71. The first-order valence-electron chi connectivity index (χ1n) is 10.5.